The van der Waals surface area contributed by atoms with Gasteiger partial charge in [-0.25, -0.2) is 12.7 Å². The molecule has 2 aromatic heterocycles. The molecule has 1 amide bonds. The zero-order valence-electron chi connectivity index (χ0n) is 13.8. The van der Waals surface area contributed by atoms with Crippen molar-refractivity contribution >= 4 is 27.3 Å². The van der Waals surface area contributed by atoms with E-state index in [1.165, 1.54) is 15.6 Å². The molecule has 136 valence electrons. The molecule has 3 heterocycles. The Kier molecular flexibility index (Phi) is 5.50. The molecule has 0 saturated carbocycles. The number of piperidine rings is 1. The van der Waals surface area contributed by atoms with Crippen LogP contribution in [0.3, 0.4) is 0 Å². The molecule has 1 fully saturated rings. The van der Waals surface area contributed by atoms with E-state index in [0.717, 1.165) is 4.88 Å². The summed E-state index contributed by atoms with van der Waals surface area (Å²) in [7, 11) is -3.26. The highest BCUT2D eigenvalue weighted by Crippen LogP contribution is 2.22. The fourth-order valence-corrected chi connectivity index (χ4v) is 4.56. The minimum atomic E-state index is -3.26. The summed E-state index contributed by atoms with van der Waals surface area (Å²) in [6, 6.07) is 3.79. The maximum atomic E-state index is 12.3. The lowest BCUT2D eigenvalue weighted by Gasteiger charge is -2.30. The van der Waals surface area contributed by atoms with Crippen LogP contribution in [0.1, 0.15) is 25.7 Å². The fraction of sp³-hybridized carbons (Fsp3) is 0.533. The van der Waals surface area contributed by atoms with E-state index in [4.69, 9.17) is 4.52 Å². The molecule has 1 saturated heterocycles. The fourth-order valence-electron chi connectivity index (χ4n) is 2.73. The number of rotatable bonds is 6. The molecule has 2 aromatic rings. The van der Waals surface area contributed by atoms with Gasteiger partial charge in [-0.1, -0.05) is 11.2 Å². The predicted octanol–water partition coefficient (Wildman–Crippen LogP) is 1.48. The largest absolute Gasteiger partial charge is 0.347 e. The van der Waals surface area contributed by atoms with Crippen molar-refractivity contribution in [3.63, 3.8) is 0 Å². The molecule has 0 bridgehead atoms. The Labute approximate surface area is 150 Å². The molecule has 0 spiro atoms. The highest BCUT2D eigenvalue weighted by molar-refractivity contribution is 7.89. The van der Waals surface area contributed by atoms with E-state index in [1.807, 2.05) is 17.5 Å². The van der Waals surface area contributed by atoms with Gasteiger partial charge in [0.05, 0.1) is 23.1 Å². The second kappa shape index (κ2) is 7.63. The molecule has 8 nitrogen and oxygen atoms in total. The number of sulfonamides is 1. The molecule has 1 N–H and O–H groups in total. The molecule has 10 heteroatoms. The summed E-state index contributed by atoms with van der Waals surface area (Å²) in [6.07, 6.45) is 1.35. The molecule has 0 aliphatic carbocycles. The number of carbonyl (C=O) groups is 1. The topological polar surface area (TPSA) is 105 Å². The lowest BCUT2D eigenvalue weighted by atomic mass is 9.99. The third kappa shape index (κ3) is 4.25. The SMILES string of the molecule is CCS(=O)(=O)N1CCC[C@@H](C(=O)NCc2nc(-c3cccs3)no2)C1. The summed E-state index contributed by atoms with van der Waals surface area (Å²) in [5.41, 5.74) is 0. The molecular weight excluding hydrogens is 364 g/mol. The first-order valence-electron chi connectivity index (χ1n) is 8.11. The monoisotopic (exact) mass is 384 g/mol. The van der Waals surface area contributed by atoms with E-state index in [9.17, 15) is 13.2 Å². The first kappa shape index (κ1) is 18.0. The van der Waals surface area contributed by atoms with Crippen LogP contribution in [0, 0.1) is 5.92 Å². The van der Waals surface area contributed by atoms with Crippen LogP contribution in [0.2, 0.25) is 0 Å². The zero-order valence-corrected chi connectivity index (χ0v) is 15.5. The van der Waals surface area contributed by atoms with Gasteiger partial charge >= 0.3 is 0 Å². The maximum Gasteiger partial charge on any atom is 0.246 e. The molecule has 0 aromatic carbocycles. The Balaban J connectivity index is 1.56. The van der Waals surface area contributed by atoms with Crippen LogP contribution in [0.5, 0.6) is 0 Å². The number of nitrogens with one attached hydrogen (secondary N) is 1. The van der Waals surface area contributed by atoms with Gasteiger partial charge < -0.3 is 9.84 Å². The Bertz CT molecular complexity index is 816. The number of nitrogens with zero attached hydrogens (tertiary/aromatic N) is 3. The third-order valence-electron chi connectivity index (χ3n) is 4.14. The van der Waals surface area contributed by atoms with Crippen molar-refractivity contribution in [3.05, 3.63) is 23.4 Å². The molecule has 3 rings (SSSR count). The van der Waals surface area contributed by atoms with Crippen molar-refractivity contribution < 1.29 is 17.7 Å². The predicted molar refractivity (Wildman–Crippen MR) is 93.2 cm³/mol. The van der Waals surface area contributed by atoms with Crippen molar-refractivity contribution in [2.24, 2.45) is 5.92 Å². The Morgan fingerprint density at radius 2 is 2.36 bits per heavy atom. The van der Waals surface area contributed by atoms with Crippen LogP contribution in [-0.2, 0) is 21.4 Å². The quantitative estimate of drug-likeness (QED) is 0.809. The van der Waals surface area contributed by atoms with Gasteiger partial charge in [0, 0.05) is 13.1 Å². The third-order valence-corrected chi connectivity index (χ3v) is 6.85. The smallest absolute Gasteiger partial charge is 0.246 e. The second-order valence-electron chi connectivity index (χ2n) is 5.80. The van der Waals surface area contributed by atoms with E-state index >= 15 is 0 Å². The maximum absolute atomic E-state index is 12.3. The van der Waals surface area contributed by atoms with Crippen LogP contribution in [0.25, 0.3) is 10.7 Å². The molecule has 1 aliphatic rings. The second-order valence-corrected chi connectivity index (χ2v) is 9.01. The van der Waals surface area contributed by atoms with Gasteiger partial charge in [0.1, 0.15) is 0 Å². The van der Waals surface area contributed by atoms with E-state index in [1.54, 1.807) is 6.92 Å². The number of amides is 1. The van der Waals surface area contributed by atoms with Crippen molar-refractivity contribution in [2.45, 2.75) is 26.3 Å². The minimum absolute atomic E-state index is 0.0504. The van der Waals surface area contributed by atoms with Crippen molar-refractivity contribution in [2.75, 3.05) is 18.8 Å². The van der Waals surface area contributed by atoms with Crippen molar-refractivity contribution in [1.29, 1.82) is 0 Å². The number of hydrogen-bond donors (Lipinski definition) is 1. The summed E-state index contributed by atoms with van der Waals surface area (Å²) in [4.78, 5) is 17.5. The number of carbonyl (C=O) groups excluding carboxylic acids is 1. The first-order valence-corrected chi connectivity index (χ1v) is 10.6. The normalized spacial score (nSPS) is 19.0. The number of aromatic nitrogens is 2. The molecule has 0 radical (unpaired) electrons. The summed E-state index contributed by atoms with van der Waals surface area (Å²) in [6.45, 7) is 2.45. The molecule has 25 heavy (non-hydrogen) atoms. The molecule has 1 atom stereocenters. The van der Waals surface area contributed by atoms with Crippen LogP contribution < -0.4 is 5.32 Å². The van der Waals surface area contributed by atoms with E-state index in [0.29, 0.717) is 31.1 Å². The van der Waals surface area contributed by atoms with Gasteiger partial charge in [0.2, 0.25) is 27.6 Å². The molecule has 0 unspecified atom stereocenters. The summed E-state index contributed by atoms with van der Waals surface area (Å²) >= 11 is 1.51. The number of thiophene rings is 1. The summed E-state index contributed by atoms with van der Waals surface area (Å²) in [5, 5.41) is 8.58. The van der Waals surface area contributed by atoms with Crippen LogP contribution in [0.4, 0.5) is 0 Å². The zero-order chi connectivity index (χ0) is 17.9. The minimum Gasteiger partial charge on any atom is -0.347 e. The Hall–Kier alpha value is -1.78. The molecule has 1 aliphatic heterocycles. The van der Waals surface area contributed by atoms with Crippen LogP contribution in [-0.4, -0.2) is 47.6 Å². The van der Waals surface area contributed by atoms with E-state index in [-0.39, 0.29) is 30.7 Å². The average Bonchev–Trinajstić information content (AvgIpc) is 3.31. The van der Waals surface area contributed by atoms with Crippen molar-refractivity contribution in [3.8, 4) is 10.7 Å². The number of hydrogen-bond acceptors (Lipinski definition) is 7. The lowest BCUT2D eigenvalue weighted by Crippen LogP contribution is -2.45. The highest BCUT2D eigenvalue weighted by Gasteiger charge is 2.31. The van der Waals surface area contributed by atoms with Gasteiger partial charge in [-0.2, -0.15) is 4.98 Å². The summed E-state index contributed by atoms with van der Waals surface area (Å²) in [5.74, 6) is 0.332. The molecular formula is C15H20N4O4S2. The highest BCUT2D eigenvalue weighted by atomic mass is 32.2. The van der Waals surface area contributed by atoms with Gasteiger partial charge in [-0.15, -0.1) is 11.3 Å². The van der Waals surface area contributed by atoms with E-state index in [2.05, 4.69) is 15.5 Å². The van der Waals surface area contributed by atoms with Gasteiger partial charge in [0.15, 0.2) is 0 Å². The van der Waals surface area contributed by atoms with Gasteiger partial charge in [-0.3, -0.25) is 4.79 Å². The van der Waals surface area contributed by atoms with Crippen LogP contribution >= 0.6 is 11.3 Å². The van der Waals surface area contributed by atoms with Crippen LogP contribution in [0.15, 0.2) is 22.0 Å². The van der Waals surface area contributed by atoms with Crippen molar-refractivity contribution in [1.82, 2.24) is 19.8 Å². The average molecular weight is 384 g/mol. The Morgan fingerprint density at radius 1 is 1.52 bits per heavy atom. The van der Waals surface area contributed by atoms with Gasteiger partial charge in [0.25, 0.3) is 0 Å². The lowest BCUT2D eigenvalue weighted by molar-refractivity contribution is -0.126. The first-order chi connectivity index (χ1) is 12.0. The van der Waals surface area contributed by atoms with E-state index < -0.39 is 10.0 Å². The van der Waals surface area contributed by atoms with Gasteiger partial charge in [-0.05, 0) is 31.2 Å². The Morgan fingerprint density at radius 3 is 3.08 bits per heavy atom. The standard InChI is InChI=1S/C15H20N4O4S2/c1-2-25(21,22)19-7-3-5-11(10-19)15(20)16-9-13-17-14(18-23-13)12-6-4-8-24-12/h4,6,8,11H,2-3,5,7,9-10H2,1H3,(H,16,20)/t11-/m1/s1. The summed E-state index contributed by atoms with van der Waals surface area (Å²) < 4.78 is 30.5.